The minimum absolute atomic E-state index is 0.377. The molecule has 1 atom stereocenters. The molecule has 1 saturated heterocycles. The average Bonchev–Trinajstić information content (AvgIpc) is 3.43. The molecule has 2 aliphatic rings. The number of benzene rings is 2. The monoisotopic (exact) mass is 558 g/mol. The topological polar surface area (TPSA) is 62.8 Å². The van der Waals surface area contributed by atoms with E-state index in [1.54, 1.807) is 0 Å². The lowest BCUT2D eigenvalue weighted by Crippen LogP contribution is -2.39. The molecule has 1 fully saturated rings. The first-order valence-electron chi connectivity index (χ1n) is 15.3. The fourth-order valence-electron chi connectivity index (χ4n) is 7.17. The second-order valence-electron chi connectivity index (χ2n) is 12.1. The fraction of sp³-hybridized carbons (Fsp3) is 0.333. The molecule has 0 amide bonds. The van der Waals surface area contributed by atoms with Crippen molar-refractivity contribution in [1.82, 2.24) is 18.9 Å². The molecule has 5 aromatic rings. The normalized spacial score (nSPS) is 19.3. The molecule has 0 saturated carbocycles. The van der Waals surface area contributed by atoms with Crippen molar-refractivity contribution in [3.63, 3.8) is 0 Å². The van der Waals surface area contributed by atoms with Crippen molar-refractivity contribution in [3.05, 3.63) is 113 Å². The molecule has 1 aliphatic heterocycles. The number of carboxylic acids is 1. The quantitative estimate of drug-likeness (QED) is 0.243. The molecule has 2 aromatic carbocycles. The van der Waals surface area contributed by atoms with Crippen LogP contribution in [0.4, 0.5) is 0 Å². The molecule has 214 valence electrons. The van der Waals surface area contributed by atoms with Crippen molar-refractivity contribution in [3.8, 4) is 0 Å². The van der Waals surface area contributed by atoms with Gasteiger partial charge in [-0.2, -0.15) is 0 Å². The van der Waals surface area contributed by atoms with E-state index >= 15 is 0 Å². The highest BCUT2D eigenvalue weighted by atomic mass is 16.4. The van der Waals surface area contributed by atoms with E-state index in [2.05, 4.69) is 45.2 Å². The van der Waals surface area contributed by atoms with Crippen LogP contribution in [0.2, 0.25) is 0 Å². The summed E-state index contributed by atoms with van der Waals surface area (Å²) in [6.07, 6.45) is 14.4. The molecule has 42 heavy (non-hydrogen) atoms. The van der Waals surface area contributed by atoms with Crippen LogP contribution in [-0.2, 0) is 29.6 Å². The smallest absolute Gasteiger partial charge is 0.320 e. The first-order chi connectivity index (χ1) is 20.5. The predicted octanol–water partition coefficient (Wildman–Crippen LogP) is 6.66. The summed E-state index contributed by atoms with van der Waals surface area (Å²) in [4.78, 5) is 20.8. The van der Waals surface area contributed by atoms with E-state index in [0.717, 1.165) is 35.6 Å². The molecule has 3 aromatic heterocycles. The number of rotatable bonds is 7. The number of aromatic nitrogens is 3. The maximum Gasteiger partial charge on any atom is 0.320 e. The molecule has 0 radical (unpaired) electrons. The first-order valence-corrected chi connectivity index (χ1v) is 15.3. The van der Waals surface area contributed by atoms with Gasteiger partial charge in [-0.05, 0) is 79.7 Å². The molecular weight excluding hydrogens is 520 g/mol. The van der Waals surface area contributed by atoms with Gasteiger partial charge in [-0.15, -0.1) is 0 Å². The third-order valence-corrected chi connectivity index (χ3v) is 9.41. The van der Waals surface area contributed by atoms with Crippen molar-refractivity contribution in [2.45, 2.75) is 57.4 Å². The third-order valence-electron chi connectivity index (χ3n) is 9.41. The highest BCUT2D eigenvalue weighted by Gasteiger charge is 2.44. The summed E-state index contributed by atoms with van der Waals surface area (Å²) in [7, 11) is 0. The van der Waals surface area contributed by atoms with Crippen LogP contribution in [0.3, 0.4) is 0 Å². The molecule has 1 N–H and O–H groups in total. The average molecular weight is 559 g/mol. The Kier molecular flexibility index (Phi) is 6.95. The Labute approximate surface area is 246 Å². The van der Waals surface area contributed by atoms with Gasteiger partial charge < -0.3 is 19.0 Å². The van der Waals surface area contributed by atoms with Gasteiger partial charge in [0.25, 0.3) is 0 Å². The molecule has 0 bridgehead atoms. The van der Waals surface area contributed by atoms with Gasteiger partial charge in [-0.25, -0.2) is 4.98 Å². The fourth-order valence-corrected chi connectivity index (χ4v) is 7.17. The van der Waals surface area contributed by atoms with Crippen LogP contribution in [0.15, 0.2) is 79.1 Å². The van der Waals surface area contributed by atoms with Gasteiger partial charge in [0.1, 0.15) is 11.1 Å². The molecule has 7 rings (SSSR count). The number of hydrogen-bond acceptors (Lipinski definition) is 3. The summed E-state index contributed by atoms with van der Waals surface area (Å²) in [5.41, 5.74) is 6.91. The van der Waals surface area contributed by atoms with E-state index in [0.29, 0.717) is 18.5 Å². The SMILES string of the molecule is Cc1cccc2c1c(Cc1c(C3(C(=O)O)C=Cc4ccccc4C3)nc3ccccn13)cn2CCN1CCCCCC1. The second kappa shape index (κ2) is 10.9. The van der Waals surface area contributed by atoms with Gasteiger partial charge in [0.15, 0.2) is 0 Å². The zero-order chi connectivity index (χ0) is 28.7. The minimum Gasteiger partial charge on any atom is -0.480 e. The zero-order valence-electron chi connectivity index (χ0n) is 24.3. The maximum absolute atomic E-state index is 13.2. The van der Waals surface area contributed by atoms with Gasteiger partial charge >= 0.3 is 5.97 Å². The highest BCUT2D eigenvalue weighted by molar-refractivity contribution is 5.89. The molecule has 6 nitrogen and oxygen atoms in total. The summed E-state index contributed by atoms with van der Waals surface area (Å²) in [5, 5.41) is 12.1. The van der Waals surface area contributed by atoms with Crippen molar-refractivity contribution >= 4 is 28.6 Å². The van der Waals surface area contributed by atoms with Gasteiger partial charge in [0, 0.05) is 42.8 Å². The third kappa shape index (κ3) is 4.64. The summed E-state index contributed by atoms with van der Waals surface area (Å²) in [6, 6.07) is 20.6. The first kappa shape index (κ1) is 26.7. The number of imidazole rings is 1. The Bertz CT molecular complexity index is 1800. The number of aliphatic carboxylic acids is 1. The Morgan fingerprint density at radius 2 is 1.76 bits per heavy atom. The van der Waals surface area contributed by atoms with E-state index in [9.17, 15) is 9.90 Å². The second-order valence-corrected chi connectivity index (χ2v) is 12.1. The van der Waals surface area contributed by atoms with Gasteiger partial charge in [-0.3, -0.25) is 4.79 Å². The van der Waals surface area contributed by atoms with E-state index in [1.807, 2.05) is 60.8 Å². The number of pyridine rings is 1. The lowest BCUT2D eigenvalue weighted by Gasteiger charge is -2.29. The number of hydrogen-bond donors (Lipinski definition) is 1. The standard InChI is InChI=1S/C36H38N4O2/c1-26-11-10-14-30-33(26)29(25-39(30)22-21-38-18-7-2-3-8-19-38)23-31-34(37-32-15-6-9-20-40(31)32)36(35(41)42)17-16-27-12-4-5-13-28(27)24-36/h4-6,9-17,20,25H,2-3,7-8,18-19,21-24H2,1H3,(H,41,42). The van der Waals surface area contributed by atoms with Crippen LogP contribution >= 0.6 is 0 Å². The Hall–Kier alpha value is -4.16. The number of carbonyl (C=O) groups is 1. The van der Waals surface area contributed by atoms with Gasteiger partial charge in [0.2, 0.25) is 0 Å². The van der Waals surface area contributed by atoms with Crippen LogP contribution < -0.4 is 0 Å². The highest BCUT2D eigenvalue weighted by Crippen LogP contribution is 2.39. The molecule has 1 unspecified atom stereocenters. The van der Waals surface area contributed by atoms with Crippen molar-refractivity contribution in [2.24, 2.45) is 0 Å². The van der Waals surface area contributed by atoms with Gasteiger partial charge in [-0.1, -0.05) is 67.5 Å². The Balaban J connectivity index is 1.32. The lowest BCUT2D eigenvalue weighted by molar-refractivity contribution is -0.142. The molecule has 4 heterocycles. The largest absolute Gasteiger partial charge is 0.480 e. The number of aryl methyl sites for hydroxylation is 1. The lowest BCUT2D eigenvalue weighted by atomic mass is 9.73. The molecule has 6 heteroatoms. The van der Waals surface area contributed by atoms with Crippen LogP contribution in [0.25, 0.3) is 22.6 Å². The van der Waals surface area contributed by atoms with E-state index in [4.69, 9.17) is 4.98 Å². The summed E-state index contributed by atoms with van der Waals surface area (Å²) in [5.74, 6) is -0.867. The van der Waals surface area contributed by atoms with Crippen molar-refractivity contribution in [2.75, 3.05) is 19.6 Å². The number of carboxylic acid groups (broad SMARTS) is 1. The molecule has 1 aliphatic carbocycles. The molecular formula is C36H38N4O2. The van der Waals surface area contributed by atoms with Crippen LogP contribution in [0.5, 0.6) is 0 Å². The van der Waals surface area contributed by atoms with E-state index in [1.165, 1.54) is 60.8 Å². The minimum atomic E-state index is -1.24. The maximum atomic E-state index is 13.2. The summed E-state index contributed by atoms with van der Waals surface area (Å²) < 4.78 is 4.50. The summed E-state index contributed by atoms with van der Waals surface area (Å²) >= 11 is 0. The predicted molar refractivity (Wildman–Crippen MR) is 168 cm³/mol. The van der Waals surface area contributed by atoms with Crippen molar-refractivity contribution < 1.29 is 9.90 Å². The Morgan fingerprint density at radius 1 is 0.952 bits per heavy atom. The summed E-state index contributed by atoms with van der Waals surface area (Å²) in [6.45, 7) is 6.54. The zero-order valence-corrected chi connectivity index (χ0v) is 24.3. The van der Waals surface area contributed by atoms with Crippen LogP contribution in [0.1, 0.15) is 59.3 Å². The van der Waals surface area contributed by atoms with Gasteiger partial charge in [0.05, 0.1) is 11.4 Å². The Morgan fingerprint density at radius 3 is 2.60 bits per heavy atom. The van der Waals surface area contributed by atoms with Crippen molar-refractivity contribution in [1.29, 1.82) is 0 Å². The molecule has 0 spiro atoms. The van der Waals surface area contributed by atoms with Crippen LogP contribution in [-0.4, -0.2) is 49.6 Å². The number of nitrogens with zero attached hydrogens (tertiary/aromatic N) is 4. The van der Waals surface area contributed by atoms with E-state index < -0.39 is 11.4 Å². The van der Waals surface area contributed by atoms with Crippen LogP contribution in [0, 0.1) is 6.92 Å². The van der Waals surface area contributed by atoms with E-state index in [-0.39, 0.29) is 0 Å². The number of likely N-dealkylation sites (tertiary alicyclic amines) is 1. The number of fused-ring (bicyclic) bond motifs is 3.